The fourth-order valence-corrected chi connectivity index (χ4v) is 3.08. The lowest BCUT2D eigenvalue weighted by Crippen LogP contribution is -2.01. The maximum atomic E-state index is 4.82. The van der Waals surface area contributed by atoms with E-state index in [-0.39, 0.29) is 5.92 Å². The van der Waals surface area contributed by atoms with Crippen LogP contribution in [0.1, 0.15) is 22.6 Å². The second-order valence-corrected chi connectivity index (χ2v) is 5.75. The van der Waals surface area contributed by atoms with Crippen LogP contribution < -0.4 is 0 Å². The van der Waals surface area contributed by atoms with E-state index >= 15 is 0 Å². The van der Waals surface area contributed by atoms with E-state index in [4.69, 9.17) is 12.6 Å². The third-order valence-electron chi connectivity index (χ3n) is 3.68. The molecule has 0 spiro atoms. The number of hydrogen-bond acceptors (Lipinski definition) is 1. The van der Waals surface area contributed by atoms with Gasteiger partial charge in [-0.3, -0.25) is 0 Å². The minimum Gasteiger partial charge on any atom is -0.147 e. The van der Waals surface area contributed by atoms with Crippen LogP contribution in [0, 0.1) is 0 Å². The molecule has 3 aromatic carbocycles. The van der Waals surface area contributed by atoms with Gasteiger partial charge in [-0.25, -0.2) is 0 Å². The first-order valence-corrected chi connectivity index (χ1v) is 7.85. The molecule has 0 nitrogen and oxygen atoms in total. The van der Waals surface area contributed by atoms with Crippen molar-refractivity contribution < 1.29 is 0 Å². The van der Waals surface area contributed by atoms with E-state index in [0.717, 1.165) is 4.91 Å². The highest BCUT2D eigenvalue weighted by atomic mass is 32.1. The number of benzene rings is 3. The van der Waals surface area contributed by atoms with Gasteiger partial charge in [0.15, 0.2) is 0 Å². The number of thiol groups is 1. The fourth-order valence-electron chi connectivity index (χ4n) is 2.63. The van der Waals surface area contributed by atoms with Gasteiger partial charge in [-0.1, -0.05) is 91.0 Å². The molecule has 3 aromatic rings. The lowest BCUT2D eigenvalue weighted by Gasteiger charge is -2.18. The molecule has 0 aromatic heterocycles. The topological polar surface area (TPSA) is 0 Å². The van der Waals surface area contributed by atoms with Gasteiger partial charge in [0, 0.05) is 5.92 Å². The van der Waals surface area contributed by atoms with Gasteiger partial charge in [-0.2, -0.15) is 0 Å². The quantitative estimate of drug-likeness (QED) is 0.579. The summed E-state index contributed by atoms with van der Waals surface area (Å²) in [5.74, 6) is 0.158. The second kappa shape index (κ2) is 7.15. The van der Waals surface area contributed by atoms with Gasteiger partial charge in [0.25, 0.3) is 0 Å². The van der Waals surface area contributed by atoms with Gasteiger partial charge in [-0.05, 0) is 27.7 Å². The van der Waals surface area contributed by atoms with E-state index < -0.39 is 0 Å². The van der Waals surface area contributed by atoms with Crippen LogP contribution in [0.5, 0.6) is 0 Å². The molecule has 0 saturated carbocycles. The average Bonchev–Trinajstić information content (AvgIpc) is 2.58. The minimum atomic E-state index is 0.158. The van der Waals surface area contributed by atoms with Crippen molar-refractivity contribution >= 4 is 18.7 Å². The Morgan fingerprint density at radius 1 is 0.636 bits per heavy atom. The first-order chi connectivity index (χ1) is 10.8. The number of rotatable bonds is 4. The van der Waals surface area contributed by atoms with Crippen LogP contribution in [0.15, 0.2) is 95.9 Å². The third-order valence-corrected chi connectivity index (χ3v) is 4.06. The van der Waals surface area contributed by atoms with Gasteiger partial charge in [0.05, 0.1) is 0 Å². The van der Waals surface area contributed by atoms with E-state index in [1.807, 2.05) is 30.3 Å². The van der Waals surface area contributed by atoms with Crippen LogP contribution >= 0.6 is 12.6 Å². The summed E-state index contributed by atoms with van der Waals surface area (Å²) in [6.07, 6.45) is 2.15. The summed E-state index contributed by atoms with van der Waals surface area (Å²) in [7, 11) is 0. The van der Waals surface area contributed by atoms with Crippen molar-refractivity contribution in [2.45, 2.75) is 5.92 Å². The predicted molar refractivity (Wildman–Crippen MR) is 98.1 cm³/mol. The van der Waals surface area contributed by atoms with Crippen LogP contribution in [0.4, 0.5) is 0 Å². The molecular weight excluding hydrogens is 284 g/mol. The molecule has 22 heavy (non-hydrogen) atoms. The molecule has 0 unspecified atom stereocenters. The van der Waals surface area contributed by atoms with Crippen LogP contribution in [-0.2, 0) is 0 Å². The van der Waals surface area contributed by atoms with Crippen LogP contribution in [0.25, 0.3) is 6.08 Å². The van der Waals surface area contributed by atoms with E-state index in [1.165, 1.54) is 16.7 Å². The van der Waals surface area contributed by atoms with Crippen molar-refractivity contribution in [1.82, 2.24) is 0 Å². The molecular formula is C21H18S. The van der Waals surface area contributed by atoms with Crippen molar-refractivity contribution in [3.05, 3.63) is 113 Å². The highest BCUT2D eigenvalue weighted by molar-refractivity contribution is 7.84. The highest BCUT2D eigenvalue weighted by Gasteiger charge is 2.16. The Bertz CT molecular complexity index is 691. The van der Waals surface area contributed by atoms with Crippen LogP contribution in [-0.4, -0.2) is 0 Å². The maximum Gasteiger partial charge on any atom is 0.0397 e. The number of allylic oxidation sites excluding steroid dienone is 1. The van der Waals surface area contributed by atoms with Gasteiger partial charge in [0.1, 0.15) is 0 Å². The normalized spacial score (nSPS) is 11.6. The fraction of sp³-hybridized carbons (Fsp3) is 0.0476. The van der Waals surface area contributed by atoms with Gasteiger partial charge < -0.3 is 0 Å². The lowest BCUT2D eigenvalue weighted by molar-refractivity contribution is 1.02. The molecule has 108 valence electrons. The Labute approximate surface area is 137 Å². The predicted octanol–water partition coefficient (Wildman–Crippen LogP) is 5.79. The van der Waals surface area contributed by atoms with Gasteiger partial charge in [0.2, 0.25) is 0 Å². The molecule has 3 rings (SSSR count). The summed E-state index contributed by atoms with van der Waals surface area (Å²) < 4.78 is 0. The highest BCUT2D eigenvalue weighted by Crippen LogP contribution is 2.34. The summed E-state index contributed by atoms with van der Waals surface area (Å²) in [6, 6.07) is 31.4. The van der Waals surface area contributed by atoms with Crippen molar-refractivity contribution in [2.24, 2.45) is 0 Å². The maximum absolute atomic E-state index is 4.82. The summed E-state index contributed by atoms with van der Waals surface area (Å²) >= 11 is 4.82. The van der Waals surface area contributed by atoms with E-state index in [1.54, 1.807) is 0 Å². The SMILES string of the molecule is S/C(=C\c1ccccc1)C(c1ccccc1)c1ccccc1. The average molecular weight is 302 g/mol. The van der Waals surface area contributed by atoms with E-state index in [0.29, 0.717) is 0 Å². The molecule has 0 amide bonds. The van der Waals surface area contributed by atoms with Crippen molar-refractivity contribution in [3.8, 4) is 0 Å². The molecule has 0 aliphatic rings. The zero-order valence-electron chi connectivity index (χ0n) is 12.3. The number of hydrogen-bond donors (Lipinski definition) is 1. The van der Waals surface area contributed by atoms with Gasteiger partial charge >= 0.3 is 0 Å². The molecule has 0 N–H and O–H groups in total. The zero-order chi connectivity index (χ0) is 15.2. The smallest absolute Gasteiger partial charge is 0.0397 e. The lowest BCUT2D eigenvalue weighted by atomic mass is 9.90. The molecule has 0 heterocycles. The molecule has 0 fully saturated rings. The zero-order valence-corrected chi connectivity index (χ0v) is 13.2. The Hall–Kier alpha value is -2.25. The van der Waals surface area contributed by atoms with Crippen molar-refractivity contribution in [3.63, 3.8) is 0 Å². The summed E-state index contributed by atoms with van der Waals surface area (Å²) in [6.45, 7) is 0. The van der Waals surface area contributed by atoms with Crippen LogP contribution in [0.2, 0.25) is 0 Å². The largest absolute Gasteiger partial charge is 0.147 e. The van der Waals surface area contributed by atoms with Crippen molar-refractivity contribution in [1.29, 1.82) is 0 Å². The Balaban J connectivity index is 2.04. The van der Waals surface area contributed by atoms with Crippen molar-refractivity contribution in [2.75, 3.05) is 0 Å². The molecule has 0 atom stereocenters. The first-order valence-electron chi connectivity index (χ1n) is 7.40. The summed E-state index contributed by atoms with van der Waals surface area (Å²) in [4.78, 5) is 1.04. The standard InChI is InChI=1S/C21H18S/c22-20(16-17-10-4-1-5-11-17)21(18-12-6-2-7-13-18)19-14-8-3-9-15-19/h1-16,21-22H/b20-16-. The molecule has 0 bridgehead atoms. The molecule has 0 radical (unpaired) electrons. The Morgan fingerprint density at radius 3 is 1.50 bits per heavy atom. The first kappa shape index (κ1) is 14.7. The summed E-state index contributed by atoms with van der Waals surface area (Å²) in [5, 5.41) is 0. The molecule has 0 saturated heterocycles. The summed E-state index contributed by atoms with van der Waals surface area (Å²) in [5.41, 5.74) is 3.68. The van der Waals surface area contributed by atoms with E-state index in [9.17, 15) is 0 Å². The second-order valence-electron chi connectivity index (χ2n) is 5.23. The molecule has 0 aliphatic heterocycles. The third kappa shape index (κ3) is 3.49. The van der Waals surface area contributed by atoms with E-state index in [2.05, 4.69) is 66.7 Å². The Kier molecular flexibility index (Phi) is 4.77. The monoisotopic (exact) mass is 302 g/mol. The van der Waals surface area contributed by atoms with Gasteiger partial charge in [-0.15, -0.1) is 12.6 Å². The molecule has 0 aliphatic carbocycles. The minimum absolute atomic E-state index is 0.158. The molecule has 1 heteroatoms. The Morgan fingerprint density at radius 2 is 1.05 bits per heavy atom. The van der Waals surface area contributed by atoms with Crippen LogP contribution in [0.3, 0.4) is 0 Å².